The maximum Gasteiger partial charge on any atom is 0.121 e. The van der Waals surface area contributed by atoms with E-state index in [2.05, 4.69) is 6.92 Å². The fourth-order valence-corrected chi connectivity index (χ4v) is 3.03. The van der Waals surface area contributed by atoms with E-state index in [1.54, 1.807) is 0 Å². The van der Waals surface area contributed by atoms with Crippen molar-refractivity contribution in [3.05, 3.63) is 0 Å². The summed E-state index contributed by atoms with van der Waals surface area (Å²) >= 11 is 0. The third kappa shape index (κ3) is 0.605. The van der Waals surface area contributed by atoms with Gasteiger partial charge in [-0.3, -0.25) is 0 Å². The van der Waals surface area contributed by atoms with Gasteiger partial charge >= 0.3 is 0 Å². The lowest BCUT2D eigenvalue weighted by Gasteiger charge is -2.39. The predicted molar refractivity (Wildman–Crippen MR) is 41.8 cm³/mol. The molecule has 3 heteroatoms. The Morgan fingerprint density at radius 2 is 2.08 bits per heavy atom. The second-order valence-corrected chi connectivity index (χ2v) is 4.75. The third-order valence-corrected chi connectivity index (χ3v) is 3.63. The third-order valence-electron chi connectivity index (χ3n) is 3.63. The molecule has 0 aromatic carbocycles. The second-order valence-electron chi connectivity index (χ2n) is 4.75. The van der Waals surface area contributed by atoms with Crippen molar-refractivity contribution >= 4 is 0 Å². The van der Waals surface area contributed by atoms with Crippen molar-refractivity contribution in [1.29, 1.82) is 0 Å². The van der Waals surface area contributed by atoms with Crippen molar-refractivity contribution < 1.29 is 14.6 Å². The van der Waals surface area contributed by atoms with E-state index in [9.17, 15) is 5.11 Å². The van der Waals surface area contributed by atoms with E-state index in [1.807, 2.05) is 6.92 Å². The van der Waals surface area contributed by atoms with Gasteiger partial charge in [0.05, 0.1) is 17.8 Å². The largest absolute Gasteiger partial charge is 0.387 e. The molecule has 0 radical (unpaired) electrons. The van der Waals surface area contributed by atoms with Crippen LogP contribution in [0.2, 0.25) is 0 Å². The average Bonchev–Trinajstić information content (AvgIpc) is 2.24. The van der Waals surface area contributed by atoms with Crippen molar-refractivity contribution in [3.63, 3.8) is 0 Å². The quantitative estimate of drug-likeness (QED) is 0.574. The van der Waals surface area contributed by atoms with Crippen LogP contribution in [0, 0.1) is 0 Å². The van der Waals surface area contributed by atoms with E-state index in [1.165, 1.54) is 0 Å². The molecule has 0 aliphatic carbocycles. The summed E-state index contributed by atoms with van der Waals surface area (Å²) in [5.74, 6) is 0. The van der Waals surface area contributed by atoms with Gasteiger partial charge in [0.2, 0.25) is 0 Å². The van der Waals surface area contributed by atoms with Gasteiger partial charge in [-0.1, -0.05) is 0 Å². The van der Waals surface area contributed by atoms with Crippen molar-refractivity contribution in [3.8, 4) is 0 Å². The highest BCUT2D eigenvalue weighted by Crippen LogP contribution is 2.55. The van der Waals surface area contributed by atoms with Gasteiger partial charge in [-0.2, -0.15) is 0 Å². The van der Waals surface area contributed by atoms with Gasteiger partial charge in [-0.15, -0.1) is 0 Å². The van der Waals surface area contributed by atoms with Gasteiger partial charge in [-0.25, -0.2) is 0 Å². The van der Waals surface area contributed by atoms with Crippen LogP contribution in [0.1, 0.15) is 26.7 Å². The SMILES string of the molecule is CC12CC3OC(C1)C(C)(O2)C3O. The summed E-state index contributed by atoms with van der Waals surface area (Å²) in [6.07, 6.45) is 1.51. The molecule has 4 aliphatic rings. The van der Waals surface area contributed by atoms with E-state index >= 15 is 0 Å². The van der Waals surface area contributed by atoms with E-state index in [4.69, 9.17) is 9.47 Å². The lowest BCUT2D eigenvalue weighted by atomic mass is 9.91. The Bertz CT molecular complexity index is 238. The monoisotopic (exact) mass is 170 g/mol. The van der Waals surface area contributed by atoms with Gasteiger partial charge in [0, 0.05) is 12.8 Å². The summed E-state index contributed by atoms with van der Waals surface area (Å²) in [6.45, 7) is 4.08. The Balaban J connectivity index is 2.07. The molecule has 0 aromatic rings. The maximum atomic E-state index is 9.83. The highest BCUT2D eigenvalue weighted by atomic mass is 16.6. The molecule has 12 heavy (non-hydrogen) atoms. The van der Waals surface area contributed by atoms with E-state index in [0.29, 0.717) is 0 Å². The van der Waals surface area contributed by atoms with Crippen LogP contribution in [0.4, 0.5) is 0 Å². The van der Waals surface area contributed by atoms with Crippen LogP contribution < -0.4 is 0 Å². The fourth-order valence-electron chi connectivity index (χ4n) is 3.03. The predicted octanol–water partition coefficient (Wildman–Crippen LogP) is 0.456. The summed E-state index contributed by atoms with van der Waals surface area (Å²) in [6, 6.07) is 0. The van der Waals surface area contributed by atoms with E-state index in [-0.39, 0.29) is 17.8 Å². The Morgan fingerprint density at radius 1 is 1.33 bits per heavy atom. The summed E-state index contributed by atoms with van der Waals surface area (Å²) < 4.78 is 11.5. The van der Waals surface area contributed by atoms with Crippen molar-refractivity contribution in [2.75, 3.05) is 0 Å². The van der Waals surface area contributed by atoms with Crippen LogP contribution in [0.25, 0.3) is 0 Å². The number of hydrogen-bond donors (Lipinski definition) is 1. The Labute approximate surface area is 71.7 Å². The zero-order chi connectivity index (χ0) is 8.56. The Morgan fingerprint density at radius 3 is 2.67 bits per heavy atom. The zero-order valence-electron chi connectivity index (χ0n) is 7.41. The van der Waals surface area contributed by atoms with Crippen molar-refractivity contribution in [2.45, 2.75) is 56.2 Å². The molecule has 0 amide bonds. The Hall–Kier alpha value is -0.120. The molecule has 0 spiro atoms. The highest BCUT2D eigenvalue weighted by Gasteiger charge is 2.67. The first-order chi connectivity index (χ1) is 5.54. The minimum atomic E-state index is -0.419. The van der Waals surface area contributed by atoms with Crippen LogP contribution in [0.5, 0.6) is 0 Å². The highest BCUT2D eigenvalue weighted by molar-refractivity contribution is 5.16. The van der Waals surface area contributed by atoms with Crippen molar-refractivity contribution in [2.24, 2.45) is 0 Å². The number of rotatable bonds is 0. The number of ether oxygens (including phenoxy) is 2. The Kier molecular flexibility index (Phi) is 1.04. The molecule has 4 saturated heterocycles. The van der Waals surface area contributed by atoms with E-state index in [0.717, 1.165) is 12.8 Å². The fraction of sp³-hybridized carbons (Fsp3) is 1.00. The van der Waals surface area contributed by atoms with Gasteiger partial charge in [0.15, 0.2) is 0 Å². The number of aliphatic hydroxyl groups is 1. The number of aliphatic hydroxyl groups excluding tert-OH is 1. The summed E-state index contributed by atoms with van der Waals surface area (Å²) in [5, 5.41) is 9.83. The molecule has 5 unspecified atom stereocenters. The zero-order valence-corrected chi connectivity index (χ0v) is 7.41. The first kappa shape index (κ1) is 7.30. The molecule has 4 aliphatic heterocycles. The van der Waals surface area contributed by atoms with Crippen LogP contribution in [-0.4, -0.2) is 34.6 Å². The van der Waals surface area contributed by atoms with Crippen LogP contribution in [0.3, 0.4) is 0 Å². The lowest BCUT2D eigenvalue weighted by molar-refractivity contribution is -0.180. The summed E-state index contributed by atoms with van der Waals surface area (Å²) in [7, 11) is 0. The smallest absolute Gasteiger partial charge is 0.121 e. The maximum absolute atomic E-state index is 9.83. The van der Waals surface area contributed by atoms with Crippen LogP contribution >= 0.6 is 0 Å². The molecule has 4 bridgehead atoms. The molecule has 3 nitrogen and oxygen atoms in total. The molecule has 4 fully saturated rings. The normalized spacial score (nSPS) is 67.8. The molecule has 4 heterocycles. The second kappa shape index (κ2) is 1.72. The van der Waals surface area contributed by atoms with Crippen molar-refractivity contribution in [1.82, 2.24) is 0 Å². The van der Waals surface area contributed by atoms with Gasteiger partial charge < -0.3 is 14.6 Å². The van der Waals surface area contributed by atoms with Gasteiger partial charge in [-0.05, 0) is 13.8 Å². The molecule has 4 rings (SSSR count). The van der Waals surface area contributed by atoms with Gasteiger partial charge in [0.25, 0.3) is 0 Å². The van der Waals surface area contributed by atoms with Gasteiger partial charge in [0.1, 0.15) is 11.7 Å². The minimum absolute atomic E-state index is 0.0208. The average molecular weight is 170 g/mol. The molecule has 0 aromatic heterocycles. The lowest BCUT2D eigenvalue weighted by Crippen LogP contribution is -2.51. The molecular weight excluding hydrogens is 156 g/mol. The molecular formula is C9H14O3. The van der Waals surface area contributed by atoms with E-state index < -0.39 is 11.7 Å². The van der Waals surface area contributed by atoms with Crippen LogP contribution in [0.15, 0.2) is 0 Å². The minimum Gasteiger partial charge on any atom is -0.387 e. The molecule has 5 atom stereocenters. The molecule has 68 valence electrons. The van der Waals surface area contributed by atoms with Crippen LogP contribution in [-0.2, 0) is 9.47 Å². The molecule has 0 saturated carbocycles. The summed E-state index contributed by atoms with van der Waals surface area (Å²) in [5.41, 5.74) is -0.445. The first-order valence-electron chi connectivity index (χ1n) is 4.57. The standard InChI is InChI=1S/C9H14O3/c1-8-3-5-7(10)9(2,12-8)6(4-8)11-5/h5-7,10H,3-4H2,1-2H3. The molecule has 1 N–H and O–H groups in total. The first-order valence-corrected chi connectivity index (χ1v) is 4.57. The topological polar surface area (TPSA) is 38.7 Å². The summed E-state index contributed by atoms with van der Waals surface area (Å²) in [4.78, 5) is 0. The number of hydrogen-bond acceptors (Lipinski definition) is 3.